The number of nitrogens with zero attached hydrogens (tertiary/aromatic N) is 4. The highest BCUT2D eigenvalue weighted by molar-refractivity contribution is 7.22. The number of primary amides is 1. The Labute approximate surface area is 226 Å². The van der Waals surface area contributed by atoms with Crippen LogP contribution >= 0.6 is 22.9 Å². The van der Waals surface area contributed by atoms with Gasteiger partial charge in [-0.05, 0) is 54.1 Å². The van der Waals surface area contributed by atoms with Crippen molar-refractivity contribution >= 4 is 38.9 Å². The molecule has 38 heavy (non-hydrogen) atoms. The van der Waals surface area contributed by atoms with Gasteiger partial charge in [0.15, 0.2) is 0 Å². The summed E-state index contributed by atoms with van der Waals surface area (Å²) in [6.07, 6.45) is 2.11. The number of nitrogens with two attached hydrogens (primary N) is 1. The van der Waals surface area contributed by atoms with E-state index in [1.54, 1.807) is 13.1 Å². The van der Waals surface area contributed by atoms with Gasteiger partial charge in [0.05, 0.1) is 27.2 Å². The molecule has 0 spiro atoms. The van der Waals surface area contributed by atoms with Crippen LogP contribution in [0, 0.1) is 18.7 Å². The summed E-state index contributed by atoms with van der Waals surface area (Å²) in [5.41, 5.74) is 8.20. The number of amides is 1. The van der Waals surface area contributed by atoms with Crippen molar-refractivity contribution < 1.29 is 18.3 Å². The van der Waals surface area contributed by atoms with Crippen LogP contribution in [0.3, 0.4) is 0 Å². The van der Waals surface area contributed by atoms with Gasteiger partial charge in [0.1, 0.15) is 23.3 Å². The summed E-state index contributed by atoms with van der Waals surface area (Å²) in [6.45, 7) is 5.72. The smallest absolute Gasteiger partial charge is 0.251 e. The van der Waals surface area contributed by atoms with E-state index in [9.17, 15) is 9.18 Å². The third kappa shape index (κ3) is 5.09. The maximum Gasteiger partial charge on any atom is 0.251 e. The first kappa shape index (κ1) is 25.7. The number of halogens is 2. The molecule has 0 aliphatic carbocycles. The molecule has 4 heterocycles. The third-order valence-corrected chi connectivity index (χ3v) is 7.33. The van der Waals surface area contributed by atoms with Crippen LogP contribution in [0.1, 0.15) is 41.5 Å². The first-order valence-electron chi connectivity index (χ1n) is 11.8. The van der Waals surface area contributed by atoms with E-state index in [-0.39, 0.29) is 29.8 Å². The van der Waals surface area contributed by atoms with Crippen molar-refractivity contribution in [1.29, 1.82) is 0 Å². The van der Waals surface area contributed by atoms with Crippen molar-refractivity contribution in [1.82, 2.24) is 20.2 Å². The van der Waals surface area contributed by atoms with Crippen molar-refractivity contribution in [3.63, 3.8) is 0 Å². The monoisotopic (exact) mass is 551 g/mol. The highest BCUT2D eigenvalue weighted by atomic mass is 35.5. The molecule has 4 aromatic heterocycles. The molecule has 0 fully saturated rings. The van der Waals surface area contributed by atoms with E-state index in [1.807, 2.05) is 26.0 Å². The van der Waals surface area contributed by atoms with Crippen LogP contribution in [0.15, 0.2) is 47.0 Å². The SMILES string of the molecule is Cc1nnc(-c2c(COc3ccc(F)cc3)nc(CC(C)C)c(C(N)=O)c2-c2cc3ccnc(Cl)c3s2)o1. The second-order valence-electron chi connectivity index (χ2n) is 9.09. The number of pyridine rings is 2. The maximum absolute atomic E-state index is 13.4. The Bertz CT molecular complexity index is 1650. The van der Waals surface area contributed by atoms with E-state index in [1.165, 1.54) is 35.6 Å². The van der Waals surface area contributed by atoms with Crippen molar-refractivity contribution in [3.05, 3.63) is 76.4 Å². The third-order valence-electron chi connectivity index (χ3n) is 5.76. The molecule has 0 unspecified atom stereocenters. The number of aryl methyl sites for hydroxylation is 1. The van der Waals surface area contributed by atoms with Crippen LogP contribution in [0.25, 0.3) is 32.0 Å². The predicted octanol–water partition coefficient (Wildman–Crippen LogP) is 6.39. The second kappa shape index (κ2) is 10.5. The van der Waals surface area contributed by atoms with Gasteiger partial charge in [-0.15, -0.1) is 21.5 Å². The standard InChI is InChI=1S/C27H23ClFN5O3S/c1-13(2)10-18-21(26(30)35)23(20-11-15-8-9-31-25(28)24(15)38-20)22(27-34-33-14(3)37-27)19(32-18)12-36-17-6-4-16(29)5-7-17/h4-9,11,13H,10,12H2,1-3H3,(H2,30,35). The van der Waals surface area contributed by atoms with Gasteiger partial charge in [-0.2, -0.15) is 0 Å². The zero-order valence-corrected chi connectivity index (χ0v) is 22.4. The van der Waals surface area contributed by atoms with Crippen LogP contribution in [0.4, 0.5) is 4.39 Å². The highest BCUT2D eigenvalue weighted by Crippen LogP contribution is 2.44. The van der Waals surface area contributed by atoms with Crippen LogP contribution in [-0.4, -0.2) is 26.1 Å². The Hall–Kier alpha value is -3.89. The average molecular weight is 552 g/mol. The number of thiophene rings is 1. The lowest BCUT2D eigenvalue weighted by Gasteiger charge is -2.19. The molecule has 0 aliphatic heterocycles. The van der Waals surface area contributed by atoms with Crippen LogP contribution in [-0.2, 0) is 13.0 Å². The van der Waals surface area contributed by atoms with Crippen LogP contribution in [0.5, 0.6) is 5.75 Å². The molecule has 8 nitrogen and oxygen atoms in total. The fraction of sp³-hybridized carbons (Fsp3) is 0.222. The Morgan fingerprint density at radius 2 is 1.92 bits per heavy atom. The van der Waals surface area contributed by atoms with E-state index in [4.69, 9.17) is 31.5 Å². The molecule has 5 aromatic rings. The second-order valence-corrected chi connectivity index (χ2v) is 10.5. The Kier molecular flexibility index (Phi) is 7.09. The molecular formula is C27H23ClFN5O3S. The predicted molar refractivity (Wildman–Crippen MR) is 144 cm³/mol. The summed E-state index contributed by atoms with van der Waals surface area (Å²) in [6, 6.07) is 9.45. The van der Waals surface area contributed by atoms with Crippen LogP contribution in [0.2, 0.25) is 5.15 Å². The normalized spacial score (nSPS) is 11.4. The van der Waals surface area contributed by atoms with Crippen molar-refractivity contribution in [2.45, 2.75) is 33.8 Å². The van der Waals surface area contributed by atoms with E-state index in [0.717, 1.165) is 10.1 Å². The number of benzene rings is 1. The molecule has 0 saturated heterocycles. The van der Waals surface area contributed by atoms with E-state index >= 15 is 0 Å². The summed E-state index contributed by atoms with van der Waals surface area (Å²) < 4.78 is 26.0. The summed E-state index contributed by atoms with van der Waals surface area (Å²) >= 11 is 7.76. The molecule has 11 heteroatoms. The molecule has 0 aliphatic rings. The highest BCUT2D eigenvalue weighted by Gasteiger charge is 2.29. The fourth-order valence-corrected chi connectivity index (χ4v) is 5.58. The van der Waals surface area contributed by atoms with Crippen molar-refractivity contribution in [3.8, 4) is 27.6 Å². The number of fused-ring (bicyclic) bond motifs is 1. The molecular weight excluding hydrogens is 529 g/mol. The topological polar surface area (TPSA) is 117 Å². The van der Waals surface area contributed by atoms with Gasteiger partial charge in [-0.25, -0.2) is 9.37 Å². The van der Waals surface area contributed by atoms with Gasteiger partial charge in [0.25, 0.3) is 5.91 Å². The molecule has 5 rings (SSSR count). The number of rotatable bonds is 8. The van der Waals surface area contributed by atoms with Gasteiger partial charge < -0.3 is 14.9 Å². The fourth-order valence-electron chi connectivity index (χ4n) is 4.20. The van der Waals surface area contributed by atoms with Crippen molar-refractivity contribution in [2.75, 3.05) is 0 Å². The number of ether oxygens (including phenoxy) is 1. The number of carbonyl (C=O) groups excluding carboxylic acids is 1. The summed E-state index contributed by atoms with van der Waals surface area (Å²) in [7, 11) is 0. The van der Waals surface area contributed by atoms with Gasteiger partial charge in [0, 0.05) is 23.6 Å². The van der Waals surface area contributed by atoms with Gasteiger partial charge in [0.2, 0.25) is 11.8 Å². The number of hydrogen-bond acceptors (Lipinski definition) is 8. The molecule has 2 N–H and O–H groups in total. The lowest BCUT2D eigenvalue weighted by atomic mass is 9.92. The van der Waals surface area contributed by atoms with Crippen molar-refractivity contribution in [2.24, 2.45) is 11.7 Å². The van der Waals surface area contributed by atoms with Gasteiger partial charge >= 0.3 is 0 Å². The number of hydrogen-bond donors (Lipinski definition) is 1. The molecule has 0 saturated carbocycles. The number of carbonyl (C=O) groups is 1. The average Bonchev–Trinajstić information content (AvgIpc) is 3.49. The lowest BCUT2D eigenvalue weighted by Crippen LogP contribution is -2.20. The Morgan fingerprint density at radius 1 is 1.16 bits per heavy atom. The summed E-state index contributed by atoms with van der Waals surface area (Å²) in [5.74, 6) is 0.134. The minimum Gasteiger partial charge on any atom is -0.487 e. The number of aromatic nitrogens is 4. The lowest BCUT2D eigenvalue weighted by molar-refractivity contribution is 0.0999. The molecule has 1 amide bonds. The molecule has 0 bridgehead atoms. The Morgan fingerprint density at radius 3 is 2.55 bits per heavy atom. The Balaban J connectivity index is 1.80. The van der Waals surface area contributed by atoms with Crippen LogP contribution < -0.4 is 10.5 Å². The molecule has 0 radical (unpaired) electrons. The minimum absolute atomic E-state index is 0.00721. The van der Waals surface area contributed by atoms with Gasteiger partial charge in [-0.3, -0.25) is 9.78 Å². The minimum atomic E-state index is -0.631. The maximum atomic E-state index is 13.4. The summed E-state index contributed by atoms with van der Waals surface area (Å²) in [5, 5.41) is 9.46. The first-order valence-corrected chi connectivity index (χ1v) is 13.0. The first-order chi connectivity index (χ1) is 18.2. The quantitative estimate of drug-likeness (QED) is 0.222. The van der Waals surface area contributed by atoms with E-state index < -0.39 is 5.91 Å². The van der Waals surface area contributed by atoms with E-state index in [2.05, 4.69) is 15.2 Å². The zero-order chi connectivity index (χ0) is 27.0. The molecule has 194 valence electrons. The molecule has 0 atom stereocenters. The molecule has 1 aromatic carbocycles. The largest absolute Gasteiger partial charge is 0.487 e. The van der Waals surface area contributed by atoms with E-state index in [0.29, 0.717) is 50.6 Å². The zero-order valence-electron chi connectivity index (χ0n) is 20.8. The van der Waals surface area contributed by atoms with Gasteiger partial charge in [-0.1, -0.05) is 25.4 Å². The summed E-state index contributed by atoms with van der Waals surface area (Å²) in [4.78, 5) is 22.8.